The molecule has 0 atom stereocenters. The van der Waals surface area contributed by atoms with Crippen molar-refractivity contribution in [2.75, 3.05) is 0 Å². The molecule has 0 radical (unpaired) electrons. The zero-order valence-electron chi connectivity index (χ0n) is 8.92. The quantitative estimate of drug-likeness (QED) is 0.667. The molecule has 0 bridgehead atoms. The number of pyridine rings is 2. The fourth-order valence-corrected chi connectivity index (χ4v) is 1.29. The van der Waals surface area contributed by atoms with E-state index in [2.05, 4.69) is 0 Å². The number of rotatable bonds is 2. The molecule has 0 aliphatic heterocycles. The molecule has 3 heteroatoms. The molecule has 0 aliphatic rings. The van der Waals surface area contributed by atoms with Gasteiger partial charge in [-0.15, -0.1) is 0 Å². The van der Waals surface area contributed by atoms with Gasteiger partial charge in [0.05, 0.1) is 6.07 Å². The summed E-state index contributed by atoms with van der Waals surface area (Å²) >= 11 is 0. The second-order valence-corrected chi connectivity index (χ2v) is 3.45. The van der Waals surface area contributed by atoms with Gasteiger partial charge in [0.25, 0.3) is 0 Å². The SMILES string of the molecule is C[n+]1ccc(Oc2cccc[n+]2C)cc1. The Labute approximate surface area is 89.2 Å². The minimum absolute atomic E-state index is 0.825. The van der Waals surface area contributed by atoms with E-state index in [1.54, 1.807) is 0 Å². The molecule has 2 rings (SSSR count). The van der Waals surface area contributed by atoms with Crippen LogP contribution in [0.2, 0.25) is 0 Å². The molecule has 0 N–H and O–H groups in total. The zero-order chi connectivity index (χ0) is 10.7. The monoisotopic (exact) mass is 202 g/mol. The Morgan fingerprint density at radius 3 is 2.33 bits per heavy atom. The minimum atomic E-state index is 0.825. The second kappa shape index (κ2) is 4.09. The highest BCUT2D eigenvalue weighted by molar-refractivity contribution is 5.20. The maximum Gasteiger partial charge on any atom is 0.373 e. The largest absolute Gasteiger partial charge is 0.405 e. The average molecular weight is 202 g/mol. The van der Waals surface area contributed by atoms with E-state index in [9.17, 15) is 0 Å². The minimum Gasteiger partial charge on any atom is -0.405 e. The number of aryl methyl sites for hydroxylation is 2. The lowest BCUT2D eigenvalue weighted by molar-refractivity contribution is -0.676. The van der Waals surface area contributed by atoms with E-state index in [1.165, 1.54) is 0 Å². The normalized spacial score (nSPS) is 10.0. The summed E-state index contributed by atoms with van der Waals surface area (Å²) in [6.45, 7) is 0. The number of ether oxygens (including phenoxy) is 1. The highest BCUT2D eigenvalue weighted by Gasteiger charge is 2.07. The van der Waals surface area contributed by atoms with Crippen molar-refractivity contribution in [3.8, 4) is 11.6 Å². The Balaban J connectivity index is 2.22. The van der Waals surface area contributed by atoms with Gasteiger partial charge in [-0.25, -0.2) is 4.57 Å². The second-order valence-electron chi connectivity index (χ2n) is 3.45. The van der Waals surface area contributed by atoms with Gasteiger partial charge in [0.2, 0.25) is 0 Å². The fourth-order valence-electron chi connectivity index (χ4n) is 1.29. The molecule has 0 aliphatic carbocycles. The topological polar surface area (TPSA) is 17.0 Å². The first kappa shape index (κ1) is 9.65. The van der Waals surface area contributed by atoms with Crippen LogP contribution in [0.25, 0.3) is 0 Å². The summed E-state index contributed by atoms with van der Waals surface area (Å²) in [6.07, 6.45) is 5.87. The van der Waals surface area contributed by atoms with E-state index in [0.717, 1.165) is 11.6 Å². The third-order valence-electron chi connectivity index (χ3n) is 2.18. The Morgan fingerprint density at radius 1 is 0.933 bits per heavy atom. The van der Waals surface area contributed by atoms with Gasteiger partial charge in [-0.05, 0) is 6.07 Å². The molecular formula is C12H14N2O+2. The van der Waals surface area contributed by atoms with Crippen molar-refractivity contribution in [3.05, 3.63) is 48.9 Å². The number of nitrogens with zero attached hydrogens (tertiary/aromatic N) is 2. The zero-order valence-corrected chi connectivity index (χ0v) is 8.92. The highest BCUT2D eigenvalue weighted by atomic mass is 16.5. The molecule has 2 aromatic heterocycles. The highest BCUT2D eigenvalue weighted by Crippen LogP contribution is 2.14. The molecule has 0 aromatic carbocycles. The van der Waals surface area contributed by atoms with Gasteiger partial charge in [-0.3, -0.25) is 0 Å². The molecule has 2 heterocycles. The molecule has 15 heavy (non-hydrogen) atoms. The molecule has 76 valence electrons. The number of aromatic nitrogens is 2. The van der Waals surface area contributed by atoms with Gasteiger partial charge in [0.15, 0.2) is 18.6 Å². The van der Waals surface area contributed by atoms with Crippen LogP contribution in [0.4, 0.5) is 0 Å². The van der Waals surface area contributed by atoms with Crippen LogP contribution >= 0.6 is 0 Å². The smallest absolute Gasteiger partial charge is 0.373 e. The number of hydrogen-bond donors (Lipinski definition) is 0. The van der Waals surface area contributed by atoms with Gasteiger partial charge in [-0.1, -0.05) is 0 Å². The summed E-state index contributed by atoms with van der Waals surface area (Å²) in [5, 5.41) is 0. The van der Waals surface area contributed by atoms with Crippen molar-refractivity contribution in [2.24, 2.45) is 14.1 Å². The van der Waals surface area contributed by atoms with Gasteiger partial charge in [0.1, 0.15) is 19.8 Å². The van der Waals surface area contributed by atoms with Crippen LogP contribution < -0.4 is 13.9 Å². The molecule has 0 spiro atoms. The molecule has 3 nitrogen and oxygen atoms in total. The van der Waals surface area contributed by atoms with Crippen molar-refractivity contribution in [2.45, 2.75) is 0 Å². The summed E-state index contributed by atoms with van der Waals surface area (Å²) in [6, 6.07) is 9.74. The molecular weight excluding hydrogens is 188 g/mol. The van der Waals surface area contributed by atoms with Crippen molar-refractivity contribution < 1.29 is 13.9 Å². The third kappa shape index (κ3) is 2.31. The fraction of sp³-hybridized carbons (Fsp3) is 0.167. The summed E-state index contributed by atoms with van der Waals surface area (Å²) in [5.41, 5.74) is 0. The maximum atomic E-state index is 5.71. The van der Waals surface area contributed by atoms with Crippen LogP contribution in [-0.4, -0.2) is 0 Å². The Morgan fingerprint density at radius 2 is 1.67 bits per heavy atom. The van der Waals surface area contributed by atoms with Crippen molar-refractivity contribution in [1.29, 1.82) is 0 Å². The number of hydrogen-bond acceptors (Lipinski definition) is 1. The van der Waals surface area contributed by atoms with Crippen LogP contribution in [0.1, 0.15) is 0 Å². The Kier molecular flexibility index (Phi) is 2.63. The van der Waals surface area contributed by atoms with E-state index < -0.39 is 0 Å². The molecule has 2 aromatic rings. The van der Waals surface area contributed by atoms with Gasteiger partial charge >= 0.3 is 5.88 Å². The van der Waals surface area contributed by atoms with Crippen LogP contribution in [0.5, 0.6) is 11.6 Å². The molecule has 0 fully saturated rings. The van der Waals surface area contributed by atoms with Crippen molar-refractivity contribution >= 4 is 0 Å². The lowest BCUT2D eigenvalue weighted by Gasteiger charge is -2.01. The lowest BCUT2D eigenvalue weighted by atomic mass is 10.4. The average Bonchev–Trinajstić information content (AvgIpc) is 2.25. The molecule has 0 saturated carbocycles. The van der Waals surface area contributed by atoms with E-state index in [4.69, 9.17) is 4.74 Å². The van der Waals surface area contributed by atoms with E-state index >= 15 is 0 Å². The van der Waals surface area contributed by atoms with E-state index in [-0.39, 0.29) is 0 Å². The maximum absolute atomic E-state index is 5.71. The summed E-state index contributed by atoms with van der Waals surface area (Å²) in [4.78, 5) is 0. The Bertz CT molecular complexity index is 451. The third-order valence-corrected chi connectivity index (χ3v) is 2.18. The predicted molar refractivity (Wildman–Crippen MR) is 55.3 cm³/mol. The van der Waals surface area contributed by atoms with Crippen molar-refractivity contribution in [1.82, 2.24) is 0 Å². The molecule has 0 saturated heterocycles. The van der Waals surface area contributed by atoms with Crippen molar-refractivity contribution in [3.63, 3.8) is 0 Å². The van der Waals surface area contributed by atoms with Crippen LogP contribution in [0.3, 0.4) is 0 Å². The first-order valence-corrected chi connectivity index (χ1v) is 4.83. The predicted octanol–water partition coefficient (Wildman–Crippen LogP) is 1.13. The Hall–Kier alpha value is -1.90. The molecule has 0 unspecified atom stereocenters. The standard InChI is InChI=1S/C12H14N2O/c1-13-9-6-11(7-10-13)15-12-5-3-4-8-14(12)2/h3-10H,1-2H3/q+2. The van der Waals surface area contributed by atoms with Crippen LogP contribution in [0, 0.1) is 0 Å². The first-order valence-electron chi connectivity index (χ1n) is 4.83. The van der Waals surface area contributed by atoms with Gasteiger partial charge in [0, 0.05) is 18.2 Å². The first-order chi connectivity index (χ1) is 7.25. The van der Waals surface area contributed by atoms with E-state index in [1.807, 2.05) is 72.2 Å². The summed E-state index contributed by atoms with van der Waals surface area (Å²) < 4.78 is 9.62. The van der Waals surface area contributed by atoms with Crippen LogP contribution in [0.15, 0.2) is 48.9 Å². The molecule has 0 amide bonds. The van der Waals surface area contributed by atoms with Gasteiger partial charge < -0.3 is 4.74 Å². The van der Waals surface area contributed by atoms with E-state index in [0.29, 0.717) is 0 Å². The summed E-state index contributed by atoms with van der Waals surface area (Å²) in [7, 11) is 3.94. The van der Waals surface area contributed by atoms with Gasteiger partial charge in [-0.2, -0.15) is 4.57 Å². The lowest BCUT2D eigenvalue weighted by Crippen LogP contribution is -2.29. The summed E-state index contributed by atoms with van der Waals surface area (Å²) in [5.74, 6) is 1.67. The van der Waals surface area contributed by atoms with Crippen LogP contribution in [-0.2, 0) is 14.1 Å².